The van der Waals surface area contributed by atoms with Crippen LogP contribution in [0, 0.1) is 13.0 Å². The molecule has 1 saturated heterocycles. The van der Waals surface area contributed by atoms with Crippen molar-refractivity contribution in [1.82, 2.24) is 14.9 Å². The number of nitrogens with one attached hydrogen (secondary N) is 1. The number of hydrogen-bond acceptors (Lipinski definition) is 3. The Kier molecular flexibility index (Phi) is 4.57. The van der Waals surface area contributed by atoms with Crippen LogP contribution in [-0.2, 0) is 0 Å². The highest BCUT2D eigenvalue weighted by atomic mass is 15.2. The molecule has 0 amide bonds. The molecule has 4 aromatic rings. The molecule has 29 heavy (non-hydrogen) atoms. The molecule has 5 rings (SSSR count). The van der Waals surface area contributed by atoms with Crippen molar-refractivity contribution in [2.45, 2.75) is 6.92 Å². The van der Waals surface area contributed by atoms with Crippen LogP contribution < -0.4 is 4.90 Å². The van der Waals surface area contributed by atoms with Crippen LogP contribution >= 0.6 is 0 Å². The third-order valence-corrected chi connectivity index (χ3v) is 5.93. The standard InChI is InChI=1S/C25H25N4/c1-18-14-20(8-9-24(18)29-12-10-28(2)11-13-29)21-15-22-23(17-27-25(22)26-16-21)19-6-4-3-5-7-19/h4-9,14-17H,10-13H2,1-2H3,(H,26,27). The summed E-state index contributed by atoms with van der Waals surface area (Å²) in [6.07, 6.45) is 4.00. The van der Waals surface area contributed by atoms with Crippen LogP contribution in [0.5, 0.6) is 0 Å². The predicted octanol–water partition coefficient (Wildman–Crippen LogP) is 4.76. The van der Waals surface area contributed by atoms with Crippen molar-refractivity contribution in [3.63, 3.8) is 0 Å². The fourth-order valence-electron chi connectivity index (χ4n) is 4.20. The molecule has 1 radical (unpaired) electrons. The molecule has 0 saturated carbocycles. The Balaban J connectivity index is 1.50. The number of hydrogen-bond donors (Lipinski definition) is 1. The van der Waals surface area contributed by atoms with Crippen molar-refractivity contribution in [2.24, 2.45) is 0 Å². The summed E-state index contributed by atoms with van der Waals surface area (Å²) >= 11 is 0. The monoisotopic (exact) mass is 381 g/mol. The Hall–Kier alpha value is -3.11. The van der Waals surface area contributed by atoms with Crippen molar-refractivity contribution in [3.8, 4) is 22.3 Å². The zero-order valence-electron chi connectivity index (χ0n) is 16.9. The van der Waals surface area contributed by atoms with E-state index in [0.29, 0.717) is 0 Å². The van der Waals surface area contributed by atoms with Gasteiger partial charge in [0, 0.05) is 60.8 Å². The highest BCUT2D eigenvalue weighted by Crippen LogP contribution is 2.32. The lowest BCUT2D eigenvalue weighted by molar-refractivity contribution is 0.312. The van der Waals surface area contributed by atoms with E-state index < -0.39 is 0 Å². The Morgan fingerprint density at radius 2 is 1.72 bits per heavy atom. The second kappa shape index (κ2) is 7.37. The number of piperazine rings is 1. The van der Waals surface area contributed by atoms with Gasteiger partial charge in [-0.25, -0.2) is 4.98 Å². The van der Waals surface area contributed by atoms with Gasteiger partial charge in [-0.1, -0.05) is 30.3 Å². The molecule has 145 valence electrons. The topological polar surface area (TPSA) is 35.2 Å². The summed E-state index contributed by atoms with van der Waals surface area (Å²) in [7, 11) is 2.19. The highest BCUT2D eigenvalue weighted by molar-refractivity contribution is 5.95. The van der Waals surface area contributed by atoms with Crippen LogP contribution in [0.15, 0.2) is 60.9 Å². The summed E-state index contributed by atoms with van der Waals surface area (Å²) in [6.45, 7) is 6.63. The molecule has 1 fully saturated rings. The van der Waals surface area contributed by atoms with Crippen LogP contribution in [0.1, 0.15) is 5.56 Å². The molecular weight excluding hydrogens is 356 g/mol. The molecule has 0 bridgehead atoms. The first kappa shape index (κ1) is 18.0. The van der Waals surface area contributed by atoms with E-state index in [-0.39, 0.29) is 0 Å². The summed E-state index contributed by atoms with van der Waals surface area (Å²) < 4.78 is 0. The maximum absolute atomic E-state index is 4.67. The van der Waals surface area contributed by atoms with Gasteiger partial charge >= 0.3 is 0 Å². The summed E-state index contributed by atoms with van der Waals surface area (Å²) in [6, 6.07) is 20.2. The number of pyridine rings is 1. The number of nitrogens with zero attached hydrogens (tertiary/aromatic N) is 3. The summed E-state index contributed by atoms with van der Waals surface area (Å²) in [5.74, 6) is 0. The lowest BCUT2D eigenvalue weighted by Gasteiger charge is -2.35. The number of likely N-dealkylation sites (N-methyl/N-ethyl adjacent to an activating group) is 1. The highest BCUT2D eigenvalue weighted by Gasteiger charge is 2.16. The smallest absolute Gasteiger partial charge is 0.137 e. The Bertz CT molecular complexity index is 1140. The number of aromatic nitrogens is 2. The fraction of sp³-hybridized carbons (Fsp3) is 0.240. The second-order valence-corrected chi connectivity index (χ2v) is 7.90. The molecule has 2 aromatic heterocycles. The number of H-pyrrole nitrogens is 1. The van der Waals surface area contributed by atoms with Gasteiger partial charge in [-0.3, -0.25) is 0 Å². The van der Waals surface area contributed by atoms with Gasteiger partial charge in [-0.15, -0.1) is 0 Å². The van der Waals surface area contributed by atoms with Crippen molar-refractivity contribution < 1.29 is 0 Å². The minimum absolute atomic E-state index is 0.919. The van der Waals surface area contributed by atoms with Gasteiger partial charge in [0.2, 0.25) is 0 Å². The molecule has 0 aliphatic carbocycles. The number of fused-ring (bicyclic) bond motifs is 1. The first-order valence-electron chi connectivity index (χ1n) is 10.2. The molecular formula is C25H25N4. The van der Waals surface area contributed by atoms with E-state index >= 15 is 0 Å². The molecule has 0 spiro atoms. The third-order valence-electron chi connectivity index (χ3n) is 5.93. The molecule has 0 atom stereocenters. The average molecular weight is 382 g/mol. The number of aryl methyl sites for hydroxylation is 1. The van der Waals surface area contributed by atoms with E-state index in [0.717, 1.165) is 42.8 Å². The zero-order chi connectivity index (χ0) is 19.8. The Morgan fingerprint density at radius 1 is 0.931 bits per heavy atom. The maximum atomic E-state index is 4.67. The summed E-state index contributed by atoms with van der Waals surface area (Å²) in [4.78, 5) is 12.9. The van der Waals surface area contributed by atoms with Crippen molar-refractivity contribution in [2.75, 3.05) is 38.1 Å². The first-order chi connectivity index (χ1) is 14.2. The molecule has 4 heteroatoms. The van der Waals surface area contributed by atoms with Gasteiger partial charge in [0.05, 0.1) is 0 Å². The van der Waals surface area contributed by atoms with Gasteiger partial charge in [0.1, 0.15) is 5.65 Å². The molecule has 0 unspecified atom stereocenters. The first-order valence-corrected chi connectivity index (χ1v) is 10.2. The molecule has 4 nitrogen and oxygen atoms in total. The average Bonchev–Trinajstić information content (AvgIpc) is 3.18. The second-order valence-electron chi connectivity index (χ2n) is 7.90. The van der Waals surface area contributed by atoms with E-state index in [4.69, 9.17) is 0 Å². The fourth-order valence-corrected chi connectivity index (χ4v) is 4.20. The van der Waals surface area contributed by atoms with Crippen molar-refractivity contribution in [1.29, 1.82) is 0 Å². The van der Waals surface area contributed by atoms with Crippen LogP contribution in [0.25, 0.3) is 33.3 Å². The van der Waals surface area contributed by atoms with Gasteiger partial charge < -0.3 is 14.8 Å². The van der Waals surface area contributed by atoms with Crippen LogP contribution in [0.3, 0.4) is 0 Å². The zero-order valence-corrected chi connectivity index (χ0v) is 16.9. The Morgan fingerprint density at radius 3 is 2.48 bits per heavy atom. The van der Waals surface area contributed by atoms with E-state index in [1.807, 2.05) is 24.5 Å². The molecule has 2 aromatic carbocycles. The van der Waals surface area contributed by atoms with Gasteiger partial charge in [0.25, 0.3) is 0 Å². The SMILES string of the molecule is Cc1cc(-c2cnc3[nH]cc(-c4cc[c]cc4)c3c2)ccc1N1CCN(C)CC1. The summed E-state index contributed by atoms with van der Waals surface area (Å²) in [5, 5.41) is 1.15. The quantitative estimate of drug-likeness (QED) is 0.556. The largest absolute Gasteiger partial charge is 0.369 e. The summed E-state index contributed by atoms with van der Waals surface area (Å²) in [5.41, 5.74) is 8.29. The van der Waals surface area contributed by atoms with E-state index in [9.17, 15) is 0 Å². The van der Waals surface area contributed by atoms with Crippen molar-refractivity contribution in [3.05, 3.63) is 72.6 Å². The van der Waals surface area contributed by atoms with E-state index in [1.54, 1.807) is 0 Å². The number of rotatable bonds is 3. The molecule has 1 aliphatic heterocycles. The Labute approximate surface area is 171 Å². The van der Waals surface area contributed by atoms with E-state index in [1.165, 1.54) is 27.9 Å². The van der Waals surface area contributed by atoms with Gasteiger partial charge in [-0.05, 0) is 54.9 Å². The van der Waals surface area contributed by atoms with E-state index in [2.05, 4.69) is 76.2 Å². The minimum Gasteiger partial charge on any atom is -0.369 e. The van der Waals surface area contributed by atoms with Crippen molar-refractivity contribution >= 4 is 16.7 Å². The lowest BCUT2D eigenvalue weighted by Crippen LogP contribution is -2.44. The number of benzene rings is 2. The van der Waals surface area contributed by atoms with Crippen LogP contribution in [-0.4, -0.2) is 48.1 Å². The maximum Gasteiger partial charge on any atom is 0.137 e. The van der Waals surface area contributed by atoms with Crippen LogP contribution in [0.4, 0.5) is 5.69 Å². The molecule has 1 N–H and O–H groups in total. The number of anilines is 1. The minimum atomic E-state index is 0.919. The molecule has 3 heterocycles. The van der Waals surface area contributed by atoms with Gasteiger partial charge in [0.15, 0.2) is 0 Å². The molecule has 1 aliphatic rings. The van der Waals surface area contributed by atoms with Crippen LogP contribution in [0.2, 0.25) is 0 Å². The van der Waals surface area contributed by atoms with Gasteiger partial charge in [-0.2, -0.15) is 0 Å². The normalized spacial score (nSPS) is 15.2. The predicted molar refractivity (Wildman–Crippen MR) is 120 cm³/mol. The lowest BCUT2D eigenvalue weighted by atomic mass is 10.00. The number of aromatic amines is 1. The third kappa shape index (κ3) is 3.40.